The van der Waals surface area contributed by atoms with Crippen molar-refractivity contribution in [1.29, 1.82) is 0 Å². The van der Waals surface area contributed by atoms with Crippen molar-refractivity contribution < 1.29 is 84.5 Å². The van der Waals surface area contributed by atoms with Crippen molar-refractivity contribution in [2.75, 3.05) is 0 Å². The van der Waals surface area contributed by atoms with Crippen molar-refractivity contribution >= 4 is 12.3 Å². The van der Waals surface area contributed by atoms with E-state index in [1.165, 1.54) is 0 Å². The van der Waals surface area contributed by atoms with Crippen molar-refractivity contribution in [3.63, 3.8) is 0 Å². The number of carbonyl (C=O) groups excluding carboxylic acids is 2. The van der Waals surface area contributed by atoms with Gasteiger partial charge in [0.2, 0.25) is 0 Å². The fourth-order valence-electron chi connectivity index (χ4n) is 0. The van der Waals surface area contributed by atoms with Gasteiger partial charge in [-0.25, -0.2) is 0 Å². The summed E-state index contributed by atoms with van der Waals surface area (Å²) in [6, 6.07) is 0. The molecule has 10 heavy (non-hydrogen) atoms. The summed E-state index contributed by atoms with van der Waals surface area (Å²) in [5, 5.41) is 33.3. The molecule has 0 spiro atoms. The molecule has 8 heteroatoms. The summed E-state index contributed by atoms with van der Waals surface area (Å²) < 4.78 is 0. The van der Waals surface area contributed by atoms with Crippen LogP contribution in [0.25, 0.3) is 0 Å². The maximum atomic E-state index is 8.33. The van der Waals surface area contributed by atoms with E-state index < -0.39 is 12.3 Å². The van der Waals surface area contributed by atoms with Crippen molar-refractivity contribution in [1.82, 2.24) is 0 Å². The zero-order chi connectivity index (χ0) is 7.15. The second-order valence-corrected chi connectivity index (χ2v) is 0.500. The van der Waals surface area contributed by atoms with E-state index in [0.29, 0.717) is 0 Å². The van der Waals surface area contributed by atoms with Crippen molar-refractivity contribution in [2.45, 2.75) is 0 Å². The van der Waals surface area contributed by atoms with Gasteiger partial charge in [0.25, 0.3) is 0 Å². The van der Waals surface area contributed by atoms with E-state index in [2.05, 4.69) is 0 Å². The Morgan fingerprint density at radius 2 is 0.800 bits per heavy atom. The molecule has 0 saturated carbocycles. The second kappa shape index (κ2) is 16.2. The van der Waals surface area contributed by atoms with E-state index in [0.717, 1.165) is 0 Å². The normalized spacial score (nSPS) is 4.80. The monoisotopic (exact) mass is 266 g/mol. The minimum absolute atomic E-state index is 0. The summed E-state index contributed by atoms with van der Waals surface area (Å²) in [5.74, 6) is 0. The Kier molecular flexibility index (Phi) is 36.3. The molecule has 0 radical (unpaired) electrons. The molecule has 0 saturated heterocycles. The first kappa shape index (κ1) is 22.4. The van der Waals surface area contributed by atoms with Crippen LogP contribution in [-0.2, 0) is 0 Å². The molecule has 0 atom stereocenters. The Morgan fingerprint density at radius 1 is 0.800 bits per heavy atom. The number of hydrogen-bond donors (Lipinski definition) is 0. The van der Waals surface area contributed by atoms with Crippen molar-refractivity contribution in [2.24, 2.45) is 0 Å². The van der Waals surface area contributed by atoms with Crippen LogP contribution in [0.2, 0.25) is 0 Å². The Hall–Kier alpha value is 0.332. The topological polar surface area (TPSA) is 126 Å². The summed E-state index contributed by atoms with van der Waals surface area (Å²) in [6.45, 7) is 0. The van der Waals surface area contributed by atoms with Gasteiger partial charge in [0.05, 0.1) is 0 Å². The SMILES string of the molecule is O=C([O-])[O-].O=C([O-])[O-].[La+3].[Li+]. The van der Waals surface area contributed by atoms with Gasteiger partial charge in [-0.1, -0.05) is 0 Å². The van der Waals surface area contributed by atoms with Gasteiger partial charge in [0.15, 0.2) is 0 Å². The molecule has 0 aromatic rings. The Morgan fingerprint density at radius 3 is 0.800 bits per heavy atom. The predicted octanol–water partition coefficient (Wildman–Crippen LogP) is -7.89. The van der Waals surface area contributed by atoms with Gasteiger partial charge in [-0.3, -0.25) is 0 Å². The quantitative estimate of drug-likeness (QED) is 0.400. The molecule has 0 bridgehead atoms. The van der Waals surface area contributed by atoms with Gasteiger partial charge in [-0.15, -0.1) is 0 Å². The summed E-state index contributed by atoms with van der Waals surface area (Å²) >= 11 is 0. The van der Waals surface area contributed by atoms with Crippen LogP contribution in [0, 0.1) is 35.6 Å². The first-order chi connectivity index (χ1) is 3.46. The van der Waals surface area contributed by atoms with Crippen LogP contribution in [0.4, 0.5) is 9.59 Å². The van der Waals surface area contributed by atoms with Crippen molar-refractivity contribution in [3.05, 3.63) is 0 Å². The average Bonchev–Trinajstić information content (AvgIpc) is 1.25. The Balaban J connectivity index is -0.0000000300. The minimum atomic E-state index is -2.33. The van der Waals surface area contributed by atoms with E-state index in [1.54, 1.807) is 0 Å². The molecular weight excluding hydrogens is 266 g/mol. The van der Waals surface area contributed by atoms with Crippen LogP contribution < -0.4 is 39.3 Å². The van der Waals surface area contributed by atoms with Crippen LogP contribution in [0.3, 0.4) is 0 Å². The van der Waals surface area contributed by atoms with E-state index >= 15 is 0 Å². The standard InChI is InChI=1S/2CH2O3.La.Li/c2*2-1(3)4;;/h2*(H2,2,3,4);;/q;;+3;+1/p-4. The maximum Gasteiger partial charge on any atom is 3.00 e. The molecule has 0 amide bonds. The van der Waals surface area contributed by atoms with Gasteiger partial charge in [-0.05, 0) is 12.3 Å². The van der Waals surface area contributed by atoms with E-state index in [1.807, 2.05) is 0 Å². The van der Waals surface area contributed by atoms with Gasteiger partial charge >= 0.3 is 54.5 Å². The molecule has 0 aromatic heterocycles. The van der Waals surface area contributed by atoms with Crippen LogP contribution in [0.1, 0.15) is 0 Å². The molecule has 0 fully saturated rings. The summed E-state index contributed by atoms with van der Waals surface area (Å²) in [6.07, 6.45) is -4.67. The number of hydrogen-bond acceptors (Lipinski definition) is 6. The van der Waals surface area contributed by atoms with Gasteiger partial charge in [-0.2, -0.15) is 0 Å². The summed E-state index contributed by atoms with van der Waals surface area (Å²) in [7, 11) is 0. The van der Waals surface area contributed by atoms with E-state index in [-0.39, 0.29) is 54.5 Å². The molecule has 0 aliphatic carbocycles. The first-order valence-corrected chi connectivity index (χ1v) is 1.22. The number of carboxylic acid groups (broad SMARTS) is 4. The zero-order valence-electron chi connectivity index (χ0n) is 5.03. The van der Waals surface area contributed by atoms with Gasteiger partial charge in [0.1, 0.15) is 0 Å². The third-order valence-electron chi connectivity index (χ3n) is 0. The van der Waals surface area contributed by atoms with Crippen LogP contribution >= 0.6 is 0 Å². The van der Waals surface area contributed by atoms with Crippen molar-refractivity contribution in [3.8, 4) is 0 Å². The molecule has 0 unspecified atom stereocenters. The smallest absolute Gasteiger partial charge is 0.652 e. The maximum absolute atomic E-state index is 8.33. The molecule has 0 heterocycles. The fourth-order valence-corrected chi connectivity index (χ4v) is 0. The average molecular weight is 266 g/mol. The molecule has 0 aromatic carbocycles. The molecule has 6 nitrogen and oxygen atoms in total. The molecule has 0 aliphatic heterocycles. The third-order valence-corrected chi connectivity index (χ3v) is 0. The summed E-state index contributed by atoms with van der Waals surface area (Å²) in [4.78, 5) is 16.7. The predicted molar refractivity (Wildman–Crippen MR) is 10.8 cm³/mol. The van der Waals surface area contributed by atoms with Gasteiger partial charge < -0.3 is 30.0 Å². The number of carbonyl (C=O) groups is 2. The van der Waals surface area contributed by atoms with Gasteiger partial charge in [0, 0.05) is 0 Å². The molecular formula is C2LaLiO6. The molecule has 48 valence electrons. The van der Waals surface area contributed by atoms with E-state index in [9.17, 15) is 0 Å². The molecule has 0 rings (SSSR count). The molecule has 0 N–H and O–H groups in total. The second-order valence-electron chi connectivity index (χ2n) is 0.500. The fraction of sp³-hybridized carbons (Fsp3) is 0. The first-order valence-electron chi connectivity index (χ1n) is 1.22. The minimum Gasteiger partial charge on any atom is -0.652 e. The van der Waals surface area contributed by atoms with Crippen LogP contribution in [-0.4, -0.2) is 12.3 Å². The number of rotatable bonds is 0. The third kappa shape index (κ3) is 4060. The Labute approximate surface area is 96.0 Å². The van der Waals surface area contributed by atoms with E-state index in [4.69, 9.17) is 30.0 Å². The largest absolute Gasteiger partial charge is 3.00 e. The Bertz CT molecular complexity index is 73.7. The van der Waals surface area contributed by atoms with Crippen LogP contribution in [0.15, 0.2) is 0 Å². The summed E-state index contributed by atoms with van der Waals surface area (Å²) in [5.41, 5.74) is 0. The molecule has 0 aliphatic rings. The zero-order valence-corrected chi connectivity index (χ0v) is 8.65. The van der Waals surface area contributed by atoms with Crippen LogP contribution in [0.5, 0.6) is 0 Å².